The number of hydrogen-bond donors (Lipinski definition) is 0. The van der Waals surface area contributed by atoms with E-state index in [9.17, 15) is 0 Å². The van der Waals surface area contributed by atoms with Gasteiger partial charge in [0, 0.05) is 18.0 Å². The molecule has 2 rings (SSSR count). The molecule has 0 aliphatic carbocycles. The number of aromatic nitrogens is 1. The summed E-state index contributed by atoms with van der Waals surface area (Å²) in [5.74, 6) is 1.96. The molecule has 0 saturated heterocycles. The second-order valence-corrected chi connectivity index (χ2v) is 5.76. The quantitative estimate of drug-likeness (QED) is 0.743. The molecule has 0 saturated carbocycles. The van der Waals surface area contributed by atoms with Crippen molar-refractivity contribution in [3.05, 3.63) is 53.9 Å². The van der Waals surface area contributed by atoms with E-state index in [1.807, 2.05) is 18.2 Å². The number of halogens is 1. The Kier molecular flexibility index (Phi) is 4.11. The minimum Gasteiger partial charge on any atom is -0.457 e. The third-order valence-electron chi connectivity index (χ3n) is 2.95. The van der Waals surface area contributed by atoms with Crippen molar-refractivity contribution in [2.24, 2.45) is 0 Å². The fourth-order valence-corrected chi connectivity index (χ4v) is 1.96. The summed E-state index contributed by atoms with van der Waals surface area (Å²) in [6.45, 7) is 6.58. The third kappa shape index (κ3) is 3.48. The Morgan fingerprint density at radius 1 is 1.11 bits per heavy atom. The average molecular weight is 276 g/mol. The van der Waals surface area contributed by atoms with Crippen molar-refractivity contribution in [3.63, 3.8) is 0 Å². The van der Waals surface area contributed by atoms with Gasteiger partial charge >= 0.3 is 0 Å². The van der Waals surface area contributed by atoms with Crippen LogP contribution in [0.4, 0.5) is 0 Å². The highest BCUT2D eigenvalue weighted by Crippen LogP contribution is 2.28. The maximum Gasteiger partial charge on any atom is 0.134 e. The molecule has 3 heteroatoms. The Bertz CT molecular complexity index is 543. The number of ether oxygens (including phenoxy) is 1. The SMILES string of the molecule is CC(C)(C)c1ccc(Oc2ccncc2CCl)cc1. The fraction of sp³-hybridized carbons (Fsp3) is 0.312. The highest BCUT2D eigenvalue weighted by atomic mass is 35.5. The normalized spacial score (nSPS) is 11.4. The van der Waals surface area contributed by atoms with E-state index < -0.39 is 0 Å². The highest BCUT2D eigenvalue weighted by molar-refractivity contribution is 6.17. The standard InChI is InChI=1S/C16H18ClNO/c1-16(2,3)13-4-6-14(7-5-13)19-15-8-9-18-11-12(15)10-17/h4-9,11H,10H2,1-3H3. The molecule has 0 spiro atoms. The van der Waals surface area contributed by atoms with E-state index >= 15 is 0 Å². The molecule has 0 N–H and O–H groups in total. The van der Waals surface area contributed by atoms with Gasteiger partial charge in [-0.1, -0.05) is 32.9 Å². The van der Waals surface area contributed by atoms with Crippen molar-refractivity contribution in [2.75, 3.05) is 0 Å². The first kappa shape index (κ1) is 13.9. The molecule has 2 aromatic rings. The Labute approximate surface area is 119 Å². The van der Waals surface area contributed by atoms with Gasteiger partial charge in [-0.25, -0.2) is 0 Å². The van der Waals surface area contributed by atoms with Crippen molar-refractivity contribution in [2.45, 2.75) is 32.1 Å². The minimum absolute atomic E-state index is 0.149. The zero-order chi connectivity index (χ0) is 13.9. The number of benzene rings is 1. The summed E-state index contributed by atoms with van der Waals surface area (Å²) in [6.07, 6.45) is 3.43. The molecule has 2 nitrogen and oxygen atoms in total. The molecule has 0 aliphatic heterocycles. The zero-order valence-electron chi connectivity index (χ0n) is 11.5. The van der Waals surface area contributed by atoms with E-state index in [-0.39, 0.29) is 5.41 Å². The predicted molar refractivity (Wildman–Crippen MR) is 79.0 cm³/mol. The Morgan fingerprint density at radius 3 is 2.37 bits per heavy atom. The summed E-state index contributed by atoms with van der Waals surface area (Å²) in [6, 6.07) is 9.99. The highest BCUT2D eigenvalue weighted by Gasteiger charge is 2.13. The van der Waals surface area contributed by atoms with Crippen molar-refractivity contribution < 1.29 is 4.74 Å². The van der Waals surface area contributed by atoms with Crippen LogP contribution in [0.5, 0.6) is 11.5 Å². The van der Waals surface area contributed by atoms with Gasteiger partial charge in [0.25, 0.3) is 0 Å². The van der Waals surface area contributed by atoms with Crippen LogP contribution in [0, 0.1) is 0 Å². The van der Waals surface area contributed by atoms with Crippen LogP contribution in [0.15, 0.2) is 42.7 Å². The predicted octanol–water partition coefficient (Wildman–Crippen LogP) is 4.91. The first-order valence-electron chi connectivity index (χ1n) is 6.28. The molecule has 0 radical (unpaired) electrons. The molecular formula is C16H18ClNO. The molecule has 1 aromatic carbocycles. The fourth-order valence-electron chi connectivity index (χ4n) is 1.76. The molecule has 1 aromatic heterocycles. The van der Waals surface area contributed by atoms with Gasteiger partial charge in [-0.05, 0) is 29.2 Å². The van der Waals surface area contributed by atoms with E-state index in [0.717, 1.165) is 17.1 Å². The first-order valence-corrected chi connectivity index (χ1v) is 6.81. The maximum atomic E-state index is 5.86. The van der Waals surface area contributed by atoms with Crippen LogP contribution in [0.3, 0.4) is 0 Å². The van der Waals surface area contributed by atoms with Crippen LogP contribution in [0.25, 0.3) is 0 Å². The minimum atomic E-state index is 0.149. The van der Waals surface area contributed by atoms with Crippen molar-refractivity contribution in [3.8, 4) is 11.5 Å². The molecule has 0 bridgehead atoms. The summed E-state index contributed by atoms with van der Waals surface area (Å²) in [5.41, 5.74) is 2.33. The van der Waals surface area contributed by atoms with Crippen LogP contribution in [0.2, 0.25) is 0 Å². The molecule has 0 aliphatic rings. The number of hydrogen-bond acceptors (Lipinski definition) is 2. The topological polar surface area (TPSA) is 22.1 Å². The second-order valence-electron chi connectivity index (χ2n) is 5.49. The molecule has 19 heavy (non-hydrogen) atoms. The summed E-state index contributed by atoms with van der Waals surface area (Å²) in [5, 5.41) is 0. The van der Waals surface area contributed by atoms with Crippen LogP contribution < -0.4 is 4.74 Å². The summed E-state index contributed by atoms with van der Waals surface area (Å²) < 4.78 is 5.84. The molecule has 0 atom stereocenters. The van der Waals surface area contributed by atoms with E-state index in [0.29, 0.717) is 5.88 Å². The average Bonchev–Trinajstić information content (AvgIpc) is 2.39. The second kappa shape index (κ2) is 5.62. The lowest BCUT2D eigenvalue weighted by Crippen LogP contribution is -2.10. The van der Waals surface area contributed by atoms with Gasteiger partial charge < -0.3 is 4.74 Å². The Hall–Kier alpha value is -1.54. The third-order valence-corrected chi connectivity index (χ3v) is 3.24. The van der Waals surface area contributed by atoms with E-state index in [1.54, 1.807) is 12.4 Å². The summed E-state index contributed by atoms with van der Waals surface area (Å²) >= 11 is 5.86. The van der Waals surface area contributed by atoms with Gasteiger partial charge in [-0.15, -0.1) is 11.6 Å². The van der Waals surface area contributed by atoms with Crippen LogP contribution in [-0.2, 0) is 11.3 Å². The van der Waals surface area contributed by atoms with Crippen molar-refractivity contribution in [1.82, 2.24) is 4.98 Å². The number of rotatable bonds is 3. The largest absolute Gasteiger partial charge is 0.457 e. The van der Waals surface area contributed by atoms with Crippen LogP contribution in [0.1, 0.15) is 31.9 Å². The lowest BCUT2D eigenvalue weighted by molar-refractivity contribution is 0.476. The van der Waals surface area contributed by atoms with Gasteiger partial charge in [0.2, 0.25) is 0 Å². The lowest BCUT2D eigenvalue weighted by Gasteiger charge is -2.19. The molecule has 0 amide bonds. The van der Waals surface area contributed by atoms with Gasteiger partial charge in [-0.3, -0.25) is 4.98 Å². The number of pyridine rings is 1. The van der Waals surface area contributed by atoms with E-state index in [4.69, 9.17) is 16.3 Å². The molecule has 1 heterocycles. The first-order chi connectivity index (χ1) is 9.00. The van der Waals surface area contributed by atoms with Crippen molar-refractivity contribution in [1.29, 1.82) is 0 Å². The van der Waals surface area contributed by atoms with E-state index in [1.165, 1.54) is 5.56 Å². The van der Waals surface area contributed by atoms with Gasteiger partial charge in [-0.2, -0.15) is 0 Å². The van der Waals surface area contributed by atoms with Gasteiger partial charge in [0.1, 0.15) is 11.5 Å². The van der Waals surface area contributed by atoms with Crippen LogP contribution in [-0.4, -0.2) is 4.98 Å². The number of alkyl halides is 1. The Morgan fingerprint density at radius 2 is 1.79 bits per heavy atom. The smallest absolute Gasteiger partial charge is 0.134 e. The number of nitrogens with zero attached hydrogens (tertiary/aromatic N) is 1. The molecule has 0 unspecified atom stereocenters. The van der Waals surface area contributed by atoms with Gasteiger partial charge in [0.05, 0.1) is 5.88 Å². The van der Waals surface area contributed by atoms with Crippen LogP contribution >= 0.6 is 11.6 Å². The molecule has 0 fully saturated rings. The van der Waals surface area contributed by atoms with E-state index in [2.05, 4.69) is 37.9 Å². The summed E-state index contributed by atoms with van der Waals surface area (Å²) in [4.78, 5) is 4.04. The summed E-state index contributed by atoms with van der Waals surface area (Å²) in [7, 11) is 0. The molecule has 100 valence electrons. The van der Waals surface area contributed by atoms with Gasteiger partial charge in [0.15, 0.2) is 0 Å². The van der Waals surface area contributed by atoms with Crippen molar-refractivity contribution >= 4 is 11.6 Å². The zero-order valence-corrected chi connectivity index (χ0v) is 12.2. The molecular weight excluding hydrogens is 258 g/mol. The maximum absolute atomic E-state index is 5.86. The Balaban J connectivity index is 2.20. The lowest BCUT2D eigenvalue weighted by atomic mass is 9.87. The monoisotopic (exact) mass is 275 g/mol.